The van der Waals surface area contributed by atoms with Gasteiger partial charge in [0.25, 0.3) is 0 Å². The van der Waals surface area contributed by atoms with E-state index in [-0.39, 0.29) is 13.0 Å². The molecule has 0 unspecified atom stereocenters. The van der Waals surface area contributed by atoms with Crippen molar-refractivity contribution in [2.24, 2.45) is 0 Å². The molecular formula is C18H39NO7. The third-order valence-corrected chi connectivity index (χ3v) is 3.99. The zero-order valence-electron chi connectivity index (χ0n) is 17.3. The summed E-state index contributed by atoms with van der Waals surface area (Å²) >= 11 is 0. The molecule has 0 N–H and O–H groups in total. The summed E-state index contributed by atoms with van der Waals surface area (Å²) in [5.74, 6) is -1.10. The van der Waals surface area contributed by atoms with E-state index in [9.17, 15) is 9.90 Å². The molecule has 158 valence electrons. The van der Waals surface area contributed by atoms with Crippen molar-refractivity contribution in [3.63, 3.8) is 0 Å². The van der Waals surface area contributed by atoms with Gasteiger partial charge in [-0.3, -0.25) is 0 Å². The number of carboxylic acid groups (broad SMARTS) is 1. The fourth-order valence-corrected chi connectivity index (χ4v) is 1.69. The van der Waals surface area contributed by atoms with Gasteiger partial charge >= 0.3 is 0 Å². The van der Waals surface area contributed by atoms with Crippen LogP contribution in [0.4, 0.5) is 0 Å². The molecule has 8 heteroatoms. The van der Waals surface area contributed by atoms with Crippen molar-refractivity contribution >= 4 is 5.97 Å². The van der Waals surface area contributed by atoms with E-state index in [4.69, 9.17) is 23.7 Å². The van der Waals surface area contributed by atoms with Crippen LogP contribution >= 0.6 is 0 Å². The Hall–Kier alpha value is -0.770. The molecular weight excluding hydrogens is 342 g/mol. The molecule has 0 aromatic rings. The third-order valence-electron chi connectivity index (χ3n) is 3.99. The fourth-order valence-electron chi connectivity index (χ4n) is 1.69. The van der Waals surface area contributed by atoms with Crippen LogP contribution in [0.5, 0.6) is 0 Å². The molecule has 26 heavy (non-hydrogen) atoms. The minimum atomic E-state index is -1.10. The maximum absolute atomic E-state index is 9.93. The second kappa shape index (κ2) is 20.5. The van der Waals surface area contributed by atoms with Gasteiger partial charge in [0.2, 0.25) is 0 Å². The van der Waals surface area contributed by atoms with Gasteiger partial charge in [-0.2, -0.15) is 0 Å². The summed E-state index contributed by atoms with van der Waals surface area (Å²) in [7, 11) is 5.56. The second-order valence-electron chi connectivity index (χ2n) is 5.92. The zero-order chi connectivity index (χ0) is 20.1. The van der Waals surface area contributed by atoms with E-state index >= 15 is 0 Å². The van der Waals surface area contributed by atoms with Crippen molar-refractivity contribution in [1.29, 1.82) is 0 Å². The highest BCUT2D eigenvalue weighted by Crippen LogP contribution is 1.99. The number of nitrogens with zero attached hydrogens (tertiary/aromatic N) is 1. The summed E-state index contributed by atoms with van der Waals surface area (Å²) in [6.07, 6.45) is -0.0714. The quantitative estimate of drug-likeness (QED) is 0.258. The summed E-state index contributed by atoms with van der Waals surface area (Å²) in [6, 6.07) is 0. The summed E-state index contributed by atoms with van der Waals surface area (Å²) in [4.78, 5) is 9.93. The van der Waals surface area contributed by atoms with Crippen LogP contribution in [-0.4, -0.2) is 104 Å². The summed E-state index contributed by atoms with van der Waals surface area (Å²) < 4.78 is 26.2. The Kier molecular flexibility index (Phi) is 21.7. The molecule has 0 aromatic carbocycles. The van der Waals surface area contributed by atoms with Gasteiger partial charge in [0.15, 0.2) is 0 Å². The number of aliphatic carboxylic acids is 1. The number of methoxy groups -OCH3 is 2. The number of ether oxygens (including phenoxy) is 5. The normalized spacial score (nSPS) is 11.1. The highest BCUT2D eigenvalue weighted by Gasteiger charge is 2.15. The molecule has 0 bridgehead atoms. The molecule has 0 radical (unpaired) electrons. The van der Waals surface area contributed by atoms with E-state index in [0.29, 0.717) is 39.6 Å². The lowest BCUT2D eigenvalue weighted by Gasteiger charge is -2.31. The highest BCUT2D eigenvalue weighted by atomic mass is 16.5. The number of carbonyl (C=O) groups excluding carboxylic acids is 1. The van der Waals surface area contributed by atoms with E-state index in [1.165, 1.54) is 13.1 Å². The molecule has 0 aliphatic carbocycles. The van der Waals surface area contributed by atoms with Crippen LogP contribution in [0.2, 0.25) is 0 Å². The number of hydrogen-bond donors (Lipinski definition) is 0. The molecule has 0 saturated heterocycles. The lowest BCUT2D eigenvalue weighted by atomic mass is 10.4. The van der Waals surface area contributed by atoms with Gasteiger partial charge < -0.3 is 38.1 Å². The Morgan fingerprint density at radius 2 is 1.19 bits per heavy atom. The maximum atomic E-state index is 9.93. The number of carbonyl (C=O) groups is 1. The van der Waals surface area contributed by atoms with Gasteiger partial charge in [0, 0.05) is 26.6 Å². The van der Waals surface area contributed by atoms with Crippen molar-refractivity contribution < 1.29 is 38.1 Å². The molecule has 0 atom stereocenters. The second-order valence-corrected chi connectivity index (χ2v) is 5.92. The number of carboxylic acids is 1. The van der Waals surface area contributed by atoms with E-state index in [1.54, 1.807) is 14.2 Å². The van der Waals surface area contributed by atoms with E-state index < -0.39 is 5.97 Å². The van der Waals surface area contributed by atoms with E-state index in [0.717, 1.165) is 17.6 Å². The topological polar surface area (TPSA) is 86.3 Å². The van der Waals surface area contributed by atoms with Crippen molar-refractivity contribution in [1.82, 2.24) is 0 Å². The highest BCUT2D eigenvalue weighted by molar-refractivity contribution is 5.64. The van der Waals surface area contributed by atoms with E-state index in [1.807, 2.05) is 0 Å². The first-order chi connectivity index (χ1) is 12.5. The van der Waals surface area contributed by atoms with Crippen LogP contribution in [0.3, 0.4) is 0 Å². The predicted molar refractivity (Wildman–Crippen MR) is 98.0 cm³/mol. The monoisotopic (exact) mass is 381 g/mol. The van der Waals surface area contributed by atoms with Crippen LogP contribution < -0.4 is 5.11 Å². The average molecular weight is 382 g/mol. The van der Waals surface area contributed by atoms with Crippen LogP contribution in [0.1, 0.15) is 20.3 Å². The van der Waals surface area contributed by atoms with Crippen molar-refractivity contribution in [2.45, 2.75) is 20.3 Å². The summed E-state index contributed by atoms with van der Waals surface area (Å²) in [5.41, 5.74) is 0. The van der Waals surface area contributed by atoms with Crippen molar-refractivity contribution in [3.8, 4) is 0 Å². The van der Waals surface area contributed by atoms with Crippen molar-refractivity contribution in [3.05, 3.63) is 0 Å². The number of rotatable bonds is 17. The fraction of sp³-hybridized carbons (Fsp3) is 0.944. The van der Waals surface area contributed by atoms with Crippen molar-refractivity contribution in [2.75, 3.05) is 93.8 Å². The molecule has 0 rings (SSSR count). The van der Waals surface area contributed by atoms with Crippen LogP contribution in [0.25, 0.3) is 0 Å². The lowest BCUT2D eigenvalue weighted by Crippen LogP contribution is -2.45. The minimum absolute atomic E-state index is 0.0714. The van der Waals surface area contributed by atoms with Gasteiger partial charge in [-0.05, 0) is 13.8 Å². The minimum Gasteiger partial charge on any atom is -0.550 e. The molecule has 0 amide bonds. The van der Waals surface area contributed by atoms with Gasteiger partial charge in [-0.15, -0.1) is 0 Å². The zero-order valence-corrected chi connectivity index (χ0v) is 17.3. The molecule has 0 saturated carbocycles. The van der Waals surface area contributed by atoms with Gasteiger partial charge in [-0.25, -0.2) is 0 Å². The standard InChI is InChI=1S/C10H24NO2.C8H16O5/c1-5-11(3,6-2)7-8-13-10-9-12-4;1-11-4-5-13-7-6-12-3-2-8(9)10/h5-10H2,1-4H3;2-7H2,1H3,(H,9,10)/q+1;/p-1. The third kappa shape index (κ3) is 21.3. The SMILES string of the molecule is CC[N+](C)(CC)CCOCCOC.COCCOCCOCCC(=O)[O-]. The molecule has 0 fully saturated rings. The Morgan fingerprint density at radius 3 is 1.62 bits per heavy atom. The molecule has 0 aliphatic heterocycles. The smallest absolute Gasteiger partial charge is 0.102 e. The lowest BCUT2D eigenvalue weighted by molar-refractivity contribution is -0.906. The Bertz CT molecular complexity index is 299. The molecule has 0 spiro atoms. The molecule has 0 aliphatic rings. The first kappa shape index (κ1) is 27.4. The summed E-state index contributed by atoms with van der Waals surface area (Å²) in [5, 5.41) is 9.93. The van der Waals surface area contributed by atoms with Gasteiger partial charge in [0.1, 0.15) is 6.54 Å². The maximum Gasteiger partial charge on any atom is 0.102 e. The van der Waals surface area contributed by atoms with Gasteiger partial charge in [-0.1, -0.05) is 0 Å². The van der Waals surface area contributed by atoms with Crippen LogP contribution in [0.15, 0.2) is 0 Å². The largest absolute Gasteiger partial charge is 0.550 e. The molecule has 8 nitrogen and oxygen atoms in total. The molecule has 0 heterocycles. The van der Waals surface area contributed by atoms with Crippen LogP contribution in [-0.2, 0) is 28.5 Å². The molecule has 0 aromatic heterocycles. The first-order valence-electron chi connectivity index (χ1n) is 9.20. The Labute approximate surface area is 158 Å². The number of hydrogen-bond acceptors (Lipinski definition) is 7. The van der Waals surface area contributed by atoms with Crippen LogP contribution in [0, 0.1) is 0 Å². The van der Waals surface area contributed by atoms with Gasteiger partial charge in [0.05, 0.1) is 73.0 Å². The Morgan fingerprint density at radius 1 is 0.769 bits per heavy atom. The average Bonchev–Trinajstić information content (AvgIpc) is 2.64. The first-order valence-corrected chi connectivity index (χ1v) is 9.20. The predicted octanol–water partition coefficient (Wildman–Crippen LogP) is -0.0582. The summed E-state index contributed by atoms with van der Waals surface area (Å²) in [6.45, 7) is 12.2. The Balaban J connectivity index is 0. The number of quaternary nitrogens is 1. The van der Waals surface area contributed by atoms with E-state index in [2.05, 4.69) is 20.9 Å². The number of likely N-dealkylation sites (N-methyl/N-ethyl adjacent to an activating group) is 1.